The van der Waals surface area contributed by atoms with Crippen molar-refractivity contribution in [1.29, 1.82) is 0 Å². The Bertz CT molecular complexity index is 2040. The van der Waals surface area contributed by atoms with Crippen molar-refractivity contribution >= 4 is 72.2 Å². The lowest BCUT2D eigenvalue weighted by molar-refractivity contribution is -0.182. The van der Waals surface area contributed by atoms with Gasteiger partial charge in [-0.25, -0.2) is 33.5 Å². The first kappa shape index (κ1) is 30.6. The van der Waals surface area contributed by atoms with Crippen LogP contribution in [0.5, 0.6) is 0 Å². The number of imidazole rings is 2. The van der Waals surface area contributed by atoms with Crippen molar-refractivity contribution < 1.29 is 45.8 Å². The van der Waals surface area contributed by atoms with E-state index in [0.29, 0.717) is 11.2 Å². The molecule has 25 heteroatoms. The summed E-state index contributed by atoms with van der Waals surface area (Å²) in [4.78, 5) is 35.1. The summed E-state index contributed by atoms with van der Waals surface area (Å²) >= 11 is 8.23. The predicted octanol–water partition coefficient (Wildman–Crippen LogP) is 0.919. The van der Waals surface area contributed by atoms with Crippen LogP contribution in [0.25, 0.3) is 22.3 Å². The second-order valence-corrected chi connectivity index (χ2v) is 16.6. The molecule has 20 nitrogen and oxygen atoms in total. The van der Waals surface area contributed by atoms with Crippen LogP contribution in [-0.4, -0.2) is 95.0 Å². The molecule has 0 amide bonds. The second-order valence-electron chi connectivity index (χ2n) is 10.8. The first-order valence-corrected chi connectivity index (χ1v) is 18.8. The number of aromatic nitrogens is 8. The van der Waals surface area contributed by atoms with E-state index in [2.05, 4.69) is 54.4 Å². The Morgan fingerprint density at radius 2 is 1.70 bits per heavy atom. The van der Waals surface area contributed by atoms with Gasteiger partial charge in [0.05, 0.1) is 32.5 Å². The third-order valence-electron chi connectivity index (χ3n) is 8.00. The molecule has 8 rings (SSSR count). The maximum absolute atomic E-state index is 15.9. The molecule has 0 saturated carbocycles. The molecule has 4 fully saturated rings. The van der Waals surface area contributed by atoms with Crippen molar-refractivity contribution in [2.24, 2.45) is 0 Å². The van der Waals surface area contributed by atoms with E-state index in [1.807, 2.05) is 0 Å². The molecule has 4 aliphatic heterocycles. The average molecular weight is 721 g/mol. The van der Waals surface area contributed by atoms with Gasteiger partial charge < -0.3 is 25.7 Å². The van der Waals surface area contributed by atoms with Crippen molar-refractivity contribution in [3.8, 4) is 0 Å². The van der Waals surface area contributed by atoms with E-state index in [0.717, 1.165) is 6.33 Å². The van der Waals surface area contributed by atoms with E-state index in [1.54, 1.807) is 0 Å². The van der Waals surface area contributed by atoms with Gasteiger partial charge in [0.1, 0.15) is 41.9 Å². The van der Waals surface area contributed by atoms with Gasteiger partial charge in [0.15, 0.2) is 41.3 Å². The molecule has 4 aliphatic rings. The normalized spacial score (nSPS) is 39.7. The summed E-state index contributed by atoms with van der Waals surface area (Å²) in [6.45, 7) is -10.1. The Morgan fingerprint density at radius 1 is 0.957 bits per heavy atom. The van der Waals surface area contributed by atoms with Gasteiger partial charge in [0.25, 0.3) is 5.56 Å². The molecule has 0 aromatic carbocycles. The molecular formula is C21H23FN10O10P2S2. The molecular weight excluding hydrogens is 697 g/mol. The molecule has 4 bridgehead atoms. The van der Waals surface area contributed by atoms with E-state index in [4.69, 9.17) is 43.8 Å². The molecule has 10 atom stereocenters. The van der Waals surface area contributed by atoms with Gasteiger partial charge in [0, 0.05) is 0 Å². The smallest absolute Gasteiger partial charge is 0.382 e. The van der Waals surface area contributed by atoms with Crippen LogP contribution in [-0.2, 0) is 41.4 Å². The number of ether oxygens (including phenoxy) is 3. The van der Waals surface area contributed by atoms with Gasteiger partial charge in [-0.05, 0) is 0 Å². The monoisotopic (exact) mass is 720 g/mol. The highest BCUT2D eigenvalue weighted by atomic mass is 32.7. The van der Waals surface area contributed by atoms with Crippen LogP contribution in [0.1, 0.15) is 12.5 Å². The summed E-state index contributed by atoms with van der Waals surface area (Å²) in [6, 6.07) is 0. The number of H-pyrrole nitrogens is 1. The first-order chi connectivity index (χ1) is 21.8. The highest BCUT2D eigenvalue weighted by molar-refractivity contribution is 8.44. The molecule has 0 spiro atoms. The SMILES string of the molecule is Nc1nc2c(ncn2[C@@H]2O[C@@H]3CO[P@](=O)(S)O[C@H]4[C@H]5OC[C@]4(CO[P@](=O)(S)O[C@@H]2[C@@H]3F)O[C@H]5n2cnc3c(N)ncnc32)c(=O)[nH]1. The highest BCUT2D eigenvalue weighted by Crippen LogP contribution is 2.63. The number of nitrogens with zero attached hydrogens (tertiary/aromatic N) is 7. The molecule has 4 aromatic rings. The average Bonchev–Trinajstić information content (AvgIpc) is 3.80. The zero-order chi connectivity index (χ0) is 32.2. The van der Waals surface area contributed by atoms with Gasteiger partial charge in [-0.1, -0.05) is 24.5 Å². The summed E-state index contributed by atoms with van der Waals surface area (Å²) in [6.07, 6.45) is -5.94. The van der Waals surface area contributed by atoms with Crippen LogP contribution >= 0.6 is 38.1 Å². The number of rotatable bonds is 2. The predicted molar refractivity (Wildman–Crippen MR) is 159 cm³/mol. The van der Waals surface area contributed by atoms with Crippen LogP contribution in [0.4, 0.5) is 16.2 Å². The van der Waals surface area contributed by atoms with Gasteiger partial charge in [-0.15, -0.1) is 0 Å². The number of anilines is 2. The highest BCUT2D eigenvalue weighted by Gasteiger charge is 2.66. The van der Waals surface area contributed by atoms with Crippen molar-refractivity contribution in [2.45, 2.75) is 48.6 Å². The van der Waals surface area contributed by atoms with E-state index < -0.39 is 81.0 Å². The third-order valence-corrected chi connectivity index (χ3v) is 11.2. The second kappa shape index (κ2) is 10.7. The number of nitrogens with one attached hydrogen (secondary N) is 1. The fourth-order valence-corrected chi connectivity index (χ4v) is 8.91. The Balaban J connectivity index is 1.14. The van der Waals surface area contributed by atoms with E-state index in [1.165, 1.54) is 21.8 Å². The fraction of sp³-hybridized carbons (Fsp3) is 0.524. The maximum Gasteiger partial charge on any atom is 0.386 e. The standard InChI is InChI=1S/C21H23FN10O10P2S2/c22-8-7-1-37-43(34,45)42-13-12-19(31-5-27-9-14(23)25-4-26-15(9)31)40-21(13,2-36-12)3-38-44(35,46)41-11(8)18(39-7)32-6-28-10-16(32)29-20(24)30-17(10)33/h4-8,11-13,18-19H,1-3H2,(H,34,45)(H,35,46)(H2,23,25,26)(H3,24,29,30,33)/t7-,8-,11-,12-,13+,18-,19-,21-,43+,44+/m1/s1. The lowest BCUT2D eigenvalue weighted by Gasteiger charge is -2.32. The van der Waals surface area contributed by atoms with Gasteiger partial charge >= 0.3 is 13.6 Å². The van der Waals surface area contributed by atoms with Crippen LogP contribution in [0, 0.1) is 0 Å². The molecule has 5 N–H and O–H groups in total. The van der Waals surface area contributed by atoms with E-state index in [9.17, 15) is 13.9 Å². The molecule has 4 saturated heterocycles. The van der Waals surface area contributed by atoms with Crippen molar-refractivity contribution in [3.63, 3.8) is 0 Å². The summed E-state index contributed by atoms with van der Waals surface area (Å²) in [5.74, 6) is -0.115. The number of alkyl halides is 1. The molecule has 8 heterocycles. The number of hydrogen-bond donors (Lipinski definition) is 5. The topological polar surface area (TPSA) is 258 Å². The van der Waals surface area contributed by atoms with Gasteiger partial charge in [-0.3, -0.25) is 37.0 Å². The lowest BCUT2D eigenvalue weighted by Crippen LogP contribution is -2.45. The summed E-state index contributed by atoms with van der Waals surface area (Å²) in [5.41, 5.74) is 9.82. The number of thiol groups is 2. The van der Waals surface area contributed by atoms with Crippen LogP contribution in [0.3, 0.4) is 0 Å². The van der Waals surface area contributed by atoms with Crippen LogP contribution in [0.2, 0.25) is 0 Å². The summed E-state index contributed by atoms with van der Waals surface area (Å²) < 4.78 is 86.8. The number of nitrogens with two attached hydrogens (primary N) is 2. The largest absolute Gasteiger partial charge is 0.386 e. The van der Waals surface area contributed by atoms with Gasteiger partial charge in [0.2, 0.25) is 5.95 Å². The Kier molecular flexibility index (Phi) is 7.10. The first-order valence-electron chi connectivity index (χ1n) is 13.4. The minimum atomic E-state index is -4.45. The quantitative estimate of drug-likeness (QED) is 0.142. The molecule has 0 aliphatic carbocycles. The van der Waals surface area contributed by atoms with Crippen molar-refractivity contribution in [2.75, 3.05) is 31.3 Å². The molecule has 0 unspecified atom stereocenters. The number of nitrogen functional groups attached to an aromatic ring is 2. The fourth-order valence-electron chi connectivity index (χ4n) is 5.94. The molecule has 46 heavy (non-hydrogen) atoms. The lowest BCUT2D eigenvalue weighted by atomic mass is 10.0. The van der Waals surface area contributed by atoms with Crippen molar-refractivity contribution in [1.82, 2.24) is 39.0 Å². The minimum Gasteiger partial charge on any atom is -0.382 e. The van der Waals surface area contributed by atoms with Crippen molar-refractivity contribution in [3.05, 3.63) is 29.3 Å². The number of aromatic amines is 1. The van der Waals surface area contributed by atoms with E-state index >= 15 is 4.39 Å². The van der Waals surface area contributed by atoms with Crippen LogP contribution in [0.15, 0.2) is 23.8 Å². The van der Waals surface area contributed by atoms with Crippen LogP contribution < -0.4 is 17.0 Å². The molecule has 246 valence electrons. The number of hydrogen-bond acceptors (Lipinski definition) is 17. The molecule has 0 radical (unpaired) electrons. The zero-order valence-electron chi connectivity index (χ0n) is 22.9. The molecule has 4 aromatic heterocycles. The zero-order valence-corrected chi connectivity index (χ0v) is 26.5. The number of fused-ring (bicyclic) bond motifs is 4. The minimum absolute atomic E-state index is 0.0758. The van der Waals surface area contributed by atoms with E-state index in [-0.39, 0.29) is 29.5 Å². The maximum atomic E-state index is 15.9. The third kappa shape index (κ3) is 4.88. The number of halogens is 1. The summed E-state index contributed by atoms with van der Waals surface area (Å²) in [7, 11) is 0. The summed E-state index contributed by atoms with van der Waals surface area (Å²) in [5, 5.41) is 0. The Hall–Kier alpha value is -2.69. The van der Waals surface area contributed by atoms with Gasteiger partial charge in [-0.2, -0.15) is 4.98 Å². The Morgan fingerprint density at radius 3 is 2.50 bits per heavy atom. The Labute approximate surface area is 266 Å².